The molecular weight excluding hydrogens is 364 g/mol. The molecule has 1 unspecified atom stereocenters. The first-order valence-electron chi connectivity index (χ1n) is 12.7. The fourth-order valence-corrected chi connectivity index (χ4v) is 4.02. The van der Waals surface area contributed by atoms with E-state index >= 15 is 0 Å². The number of allylic oxidation sites excluding steroid dienone is 3. The summed E-state index contributed by atoms with van der Waals surface area (Å²) < 4.78 is 0. The van der Waals surface area contributed by atoms with E-state index in [1.807, 2.05) is 34.7 Å². The average molecular weight is 419 g/mol. The summed E-state index contributed by atoms with van der Waals surface area (Å²) in [6.07, 6.45) is 18.8. The highest BCUT2D eigenvalue weighted by atomic mass is 14.8. The van der Waals surface area contributed by atoms with Gasteiger partial charge in [-0.05, 0) is 57.1 Å². The maximum absolute atomic E-state index is 4.46. The second kappa shape index (κ2) is 19.8. The molecule has 0 bridgehead atoms. The van der Waals surface area contributed by atoms with Crippen LogP contribution in [0.3, 0.4) is 0 Å². The van der Waals surface area contributed by atoms with Crippen molar-refractivity contribution in [2.45, 2.75) is 126 Å². The minimum absolute atomic E-state index is 0.642. The van der Waals surface area contributed by atoms with E-state index in [0.29, 0.717) is 11.3 Å². The van der Waals surface area contributed by atoms with Gasteiger partial charge in [-0.3, -0.25) is 9.98 Å². The third kappa shape index (κ3) is 14.7. The highest BCUT2D eigenvalue weighted by Gasteiger charge is 2.19. The summed E-state index contributed by atoms with van der Waals surface area (Å²) in [6, 6.07) is 0. The smallest absolute Gasteiger partial charge is 0.0393 e. The van der Waals surface area contributed by atoms with Gasteiger partial charge >= 0.3 is 0 Å². The number of hydrogen-bond acceptors (Lipinski definition) is 2. The van der Waals surface area contributed by atoms with Crippen LogP contribution in [0.15, 0.2) is 34.4 Å². The van der Waals surface area contributed by atoms with E-state index in [9.17, 15) is 0 Å². The molecule has 0 aromatic rings. The summed E-state index contributed by atoms with van der Waals surface area (Å²) in [6.45, 7) is 21.0. The van der Waals surface area contributed by atoms with Crippen molar-refractivity contribution in [2.24, 2.45) is 21.3 Å². The van der Waals surface area contributed by atoms with Crippen molar-refractivity contribution in [1.82, 2.24) is 0 Å². The summed E-state index contributed by atoms with van der Waals surface area (Å²) >= 11 is 0. The number of hydrogen-bond donors (Lipinski definition) is 0. The molecule has 0 spiro atoms. The van der Waals surface area contributed by atoms with Crippen molar-refractivity contribution in [3.8, 4) is 0 Å². The molecule has 0 N–H and O–H groups in total. The Balaban J connectivity index is 0. The van der Waals surface area contributed by atoms with Crippen LogP contribution in [0.25, 0.3) is 0 Å². The van der Waals surface area contributed by atoms with Crippen LogP contribution < -0.4 is 0 Å². The largest absolute Gasteiger partial charge is 0.293 e. The minimum Gasteiger partial charge on any atom is -0.293 e. The summed E-state index contributed by atoms with van der Waals surface area (Å²) in [4.78, 5) is 8.89. The first-order valence-corrected chi connectivity index (χ1v) is 12.7. The van der Waals surface area contributed by atoms with Crippen LogP contribution in [-0.2, 0) is 0 Å². The van der Waals surface area contributed by atoms with Crippen molar-refractivity contribution >= 4 is 11.4 Å². The van der Waals surface area contributed by atoms with E-state index in [1.165, 1.54) is 76.3 Å². The summed E-state index contributed by atoms with van der Waals surface area (Å²) in [7, 11) is 1.89. The van der Waals surface area contributed by atoms with Crippen molar-refractivity contribution in [3.05, 3.63) is 24.4 Å². The van der Waals surface area contributed by atoms with Gasteiger partial charge in [0, 0.05) is 30.1 Å². The lowest BCUT2D eigenvalue weighted by atomic mass is 9.79. The van der Waals surface area contributed by atoms with Gasteiger partial charge in [0.1, 0.15) is 0 Å². The van der Waals surface area contributed by atoms with Gasteiger partial charge in [0.05, 0.1) is 0 Å². The zero-order valence-corrected chi connectivity index (χ0v) is 22.1. The van der Waals surface area contributed by atoms with Crippen LogP contribution in [-0.4, -0.2) is 18.5 Å². The molecule has 2 heteroatoms. The summed E-state index contributed by atoms with van der Waals surface area (Å²) in [5, 5.41) is 0. The summed E-state index contributed by atoms with van der Waals surface area (Å²) in [5.41, 5.74) is 3.83. The van der Waals surface area contributed by atoms with E-state index in [1.54, 1.807) is 6.08 Å². The first kappa shape index (κ1) is 31.0. The number of unbranched alkanes of at least 4 members (excludes halogenated alkanes) is 1. The number of nitrogens with zero attached hydrogens (tertiary/aromatic N) is 2. The molecule has 1 aliphatic carbocycles. The fourth-order valence-electron chi connectivity index (χ4n) is 4.02. The third-order valence-corrected chi connectivity index (χ3v) is 6.13. The van der Waals surface area contributed by atoms with E-state index < -0.39 is 0 Å². The van der Waals surface area contributed by atoms with Gasteiger partial charge in [-0.15, -0.1) is 0 Å². The van der Waals surface area contributed by atoms with Gasteiger partial charge < -0.3 is 0 Å². The molecule has 0 heterocycles. The van der Waals surface area contributed by atoms with Gasteiger partial charge in [0.2, 0.25) is 0 Å². The molecule has 1 fully saturated rings. The lowest BCUT2D eigenvalue weighted by molar-refractivity contribution is 0.250. The van der Waals surface area contributed by atoms with E-state index in [4.69, 9.17) is 0 Å². The topological polar surface area (TPSA) is 24.7 Å². The Morgan fingerprint density at radius 2 is 1.60 bits per heavy atom. The van der Waals surface area contributed by atoms with E-state index in [-0.39, 0.29) is 0 Å². The molecule has 1 atom stereocenters. The lowest BCUT2D eigenvalue weighted by Crippen LogP contribution is -2.16. The number of aliphatic imine (C=N–C) groups is 2. The highest BCUT2D eigenvalue weighted by molar-refractivity contribution is 5.98. The molecule has 0 aliphatic heterocycles. The van der Waals surface area contributed by atoms with Crippen molar-refractivity contribution in [1.29, 1.82) is 0 Å². The fraction of sp³-hybridized carbons (Fsp3) is 0.786. The van der Waals surface area contributed by atoms with Crippen LogP contribution in [0.1, 0.15) is 126 Å². The van der Waals surface area contributed by atoms with Crippen LogP contribution >= 0.6 is 0 Å². The van der Waals surface area contributed by atoms with Crippen LogP contribution in [0.5, 0.6) is 0 Å². The lowest BCUT2D eigenvalue weighted by Gasteiger charge is -2.27. The molecule has 1 aliphatic rings. The van der Waals surface area contributed by atoms with Crippen LogP contribution in [0, 0.1) is 11.3 Å². The Kier molecular flexibility index (Phi) is 20.4. The average Bonchev–Trinajstić information content (AvgIpc) is 2.78. The Bertz CT molecular complexity index is 507. The predicted molar refractivity (Wildman–Crippen MR) is 141 cm³/mol. The molecule has 2 nitrogen and oxygen atoms in total. The monoisotopic (exact) mass is 418 g/mol. The van der Waals surface area contributed by atoms with Crippen LogP contribution in [0.2, 0.25) is 0 Å². The van der Waals surface area contributed by atoms with E-state index in [0.717, 1.165) is 11.4 Å². The van der Waals surface area contributed by atoms with Gasteiger partial charge in [-0.2, -0.15) is 0 Å². The third-order valence-electron chi connectivity index (χ3n) is 6.13. The minimum atomic E-state index is 0.642. The molecule has 1 rings (SSSR count). The first-order chi connectivity index (χ1) is 14.4. The van der Waals surface area contributed by atoms with Gasteiger partial charge in [-0.1, -0.05) is 93.1 Å². The molecule has 0 aromatic heterocycles. The second-order valence-electron chi connectivity index (χ2n) is 8.74. The molecule has 1 saturated carbocycles. The number of rotatable bonds is 10. The second-order valence-corrected chi connectivity index (χ2v) is 8.74. The van der Waals surface area contributed by atoms with Crippen molar-refractivity contribution < 1.29 is 0 Å². The Morgan fingerprint density at radius 3 is 2.03 bits per heavy atom. The quantitative estimate of drug-likeness (QED) is 0.315. The highest BCUT2D eigenvalue weighted by Crippen LogP contribution is 2.33. The molecular formula is C28H54N2. The Labute approximate surface area is 190 Å². The zero-order valence-electron chi connectivity index (χ0n) is 22.1. The maximum Gasteiger partial charge on any atom is 0.0393 e. The standard InChI is InChI=1S/C15H24N2.C11H24.C2H6/c1-5-12(2)17-13(3)11-15(16-4)14-9-7-6-8-10-14;1-5-8-10-11(4,7-3)9-6-2;1-2/h5,11,14H,1,6-10H2,2-4H3;5-10H2,1-4H3;1-2H3/b13-11+,16-15?,17-12?;;. The van der Waals surface area contributed by atoms with Gasteiger partial charge in [0.15, 0.2) is 0 Å². The molecule has 30 heavy (non-hydrogen) atoms. The maximum atomic E-state index is 4.46. The molecule has 0 aromatic carbocycles. The molecule has 0 saturated heterocycles. The SMILES string of the molecule is C=CC(C)=N/C(C)=C/C(=NC)C1CCCCC1.CC.CCCCC(C)(CC)CCC. The van der Waals surface area contributed by atoms with Crippen molar-refractivity contribution in [3.63, 3.8) is 0 Å². The normalized spacial score (nSPS) is 17.8. The predicted octanol–water partition coefficient (Wildman–Crippen LogP) is 9.61. The molecule has 0 radical (unpaired) electrons. The van der Waals surface area contributed by atoms with E-state index in [2.05, 4.69) is 50.3 Å². The van der Waals surface area contributed by atoms with Crippen LogP contribution in [0.4, 0.5) is 0 Å². The molecule has 176 valence electrons. The van der Waals surface area contributed by atoms with Gasteiger partial charge in [-0.25, -0.2) is 0 Å². The van der Waals surface area contributed by atoms with Crippen molar-refractivity contribution in [2.75, 3.05) is 7.05 Å². The molecule has 0 amide bonds. The zero-order chi connectivity index (χ0) is 23.4. The van der Waals surface area contributed by atoms with Gasteiger partial charge in [0.25, 0.3) is 0 Å². The summed E-state index contributed by atoms with van der Waals surface area (Å²) in [5.74, 6) is 0.642. The Hall–Kier alpha value is -1.18. The Morgan fingerprint density at radius 1 is 1.00 bits per heavy atom.